The fraction of sp³-hybridized carbons (Fsp3) is 0.500. The van der Waals surface area contributed by atoms with Gasteiger partial charge in [-0.3, -0.25) is 4.57 Å². The van der Waals surface area contributed by atoms with Crippen LogP contribution in [0.3, 0.4) is 0 Å². The molecule has 1 unspecified atom stereocenters. The molecule has 0 aliphatic heterocycles. The molecule has 102 valence electrons. The fourth-order valence-electron chi connectivity index (χ4n) is 2.96. The Labute approximate surface area is 111 Å². The van der Waals surface area contributed by atoms with Crippen LogP contribution in [0.1, 0.15) is 30.9 Å². The Bertz CT molecular complexity index is 661. The first kappa shape index (κ1) is 12.4. The molecule has 1 saturated carbocycles. The quantitative estimate of drug-likeness (QED) is 0.870. The second-order valence-electron chi connectivity index (χ2n) is 5.55. The van der Waals surface area contributed by atoms with Crippen molar-refractivity contribution in [2.45, 2.75) is 25.3 Å². The molecule has 5 nitrogen and oxygen atoms in total. The lowest BCUT2D eigenvalue weighted by Gasteiger charge is -2.45. The first-order valence-electron chi connectivity index (χ1n) is 6.62. The summed E-state index contributed by atoms with van der Waals surface area (Å²) in [7, 11) is 1.70. The zero-order valence-electron chi connectivity index (χ0n) is 11.1. The summed E-state index contributed by atoms with van der Waals surface area (Å²) < 4.78 is 6.63. The highest BCUT2D eigenvalue weighted by molar-refractivity contribution is 5.73. The van der Waals surface area contributed by atoms with Gasteiger partial charge in [0.2, 0.25) is 0 Å². The van der Waals surface area contributed by atoms with Gasteiger partial charge in [0.05, 0.1) is 5.52 Å². The number of oxazole rings is 1. The Morgan fingerprint density at radius 3 is 2.79 bits per heavy atom. The van der Waals surface area contributed by atoms with Gasteiger partial charge < -0.3 is 15.9 Å². The molecule has 3 rings (SSSR count). The molecule has 0 radical (unpaired) electrons. The summed E-state index contributed by atoms with van der Waals surface area (Å²) in [5.74, 6) is -0.349. The number of fused-ring (bicyclic) bond motifs is 1. The van der Waals surface area contributed by atoms with Crippen LogP contribution < -0.4 is 17.2 Å². The fourth-order valence-corrected chi connectivity index (χ4v) is 2.96. The molecule has 1 heterocycles. The highest BCUT2D eigenvalue weighted by Gasteiger charge is 2.41. The van der Waals surface area contributed by atoms with E-state index >= 15 is 0 Å². The highest BCUT2D eigenvalue weighted by Crippen LogP contribution is 2.48. The Morgan fingerprint density at radius 2 is 2.21 bits per heavy atom. The third-order valence-electron chi connectivity index (χ3n) is 4.59. The largest absolute Gasteiger partial charge is 0.419 e. The van der Waals surface area contributed by atoms with Gasteiger partial charge in [0.1, 0.15) is 0 Å². The Balaban J connectivity index is 2.05. The van der Waals surface area contributed by atoms with Crippen molar-refractivity contribution in [1.82, 2.24) is 4.57 Å². The minimum Gasteiger partial charge on any atom is -0.408 e. The molecule has 1 aliphatic rings. The van der Waals surface area contributed by atoms with Crippen molar-refractivity contribution in [3.8, 4) is 0 Å². The van der Waals surface area contributed by atoms with Crippen molar-refractivity contribution in [3.63, 3.8) is 0 Å². The minimum absolute atomic E-state index is 0.0241. The molecule has 5 heteroatoms. The maximum absolute atomic E-state index is 11.5. The molecule has 0 bridgehead atoms. The van der Waals surface area contributed by atoms with E-state index in [1.54, 1.807) is 7.05 Å². The van der Waals surface area contributed by atoms with Crippen LogP contribution in [0.2, 0.25) is 0 Å². The van der Waals surface area contributed by atoms with Gasteiger partial charge in [-0.05, 0) is 37.1 Å². The molecule has 0 amide bonds. The van der Waals surface area contributed by atoms with Crippen LogP contribution in [0.4, 0.5) is 0 Å². The van der Waals surface area contributed by atoms with Gasteiger partial charge in [-0.15, -0.1) is 0 Å². The first-order valence-corrected chi connectivity index (χ1v) is 6.62. The molecule has 4 N–H and O–H groups in total. The summed E-state index contributed by atoms with van der Waals surface area (Å²) in [5, 5.41) is 0. The third-order valence-corrected chi connectivity index (χ3v) is 4.59. The molecule has 2 aromatic rings. The summed E-state index contributed by atoms with van der Waals surface area (Å²) in [5.41, 5.74) is 14.7. The summed E-state index contributed by atoms with van der Waals surface area (Å²) in [6, 6.07) is 5.61. The Morgan fingerprint density at radius 1 is 1.47 bits per heavy atom. The van der Waals surface area contributed by atoms with Gasteiger partial charge >= 0.3 is 5.76 Å². The number of benzene rings is 1. The lowest BCUT2D eigenvalue weighted by atomic mass is 9.63. The van der Waals surface area contributed by atoms with Crippen LogP contribution in [-0.4, -0.2) is 11.1 Å². The number of hydrogen-bond donors (Lipinski definition) is 2. The van der Waals surface area contributed by atoms with Crippen LogP contribution in [0.15, 0.2) is 27.4 Å². The van der Waals surface area contributed by atoms with Crippen molar-refractivity contribution in [2.24, 2.45) is 23.9 Å². The standard InChI is InChI=1S/C14H19N3O2/c1-17-10-7-9(3-4-11(10)19-13(17)18)12(16)14(8-15)5-2-6-14/h3-4,7,12H,2,5-6,8,15-16H2,1H3. The zero-order valence-corrected chi connectivity index (χ0v) is 11.1. The van der Waals surface area contributed by atoms with Gasteiger partial charge in [0, 0.05) is 18.5 Å². The van der Waals surface area contributed by atoms with E-state index in [0.29, 0.717) is 12.1 Å². The van der Waals surface area contributed by atoms with Crippen molar-refractivity contribution in [2.75, 3.05) is 6.54 Å². The van der Waals surface area contributed by atoms with Crippen LogP contribution in [-0.2, 0) is 7.05 Å². The third kappa shape index (κ3) is 1.73. The smallest absolute Gasteiger partial charge is 0.408 e. The molecule has 1 fully saturated rings. The molecule has 19 heavy (non-hydrogen) atoms. The van der Waals surface area contributed by atoms with Crippen molar-refractivity contribution in [3.05, 3.63) is 34.3 Å². The summed E-state index contributed by atoms with van der Waals surface area (Å²) in [6.45, 7) is 0.608. The van der Waals surface area contributed by atoms with Gasteiger partial charge in [-0.2, -0.15) is 0 Å². The van der Waals surface area contributed by atoms with E-state index in [-0.39, 0.29) is 17.2 Å². The lowest BCUT2D eigenvalue weighted by Crippen LogP contribution is -2.46. The zero-order chi connectivity index (χ0) is 13.6. The number of nitrogens with zero attached hydrogens (tertiary/aromatic N) is 1. The number of hydrogen-bond acceptors (Lipinski definition) is 4. The number of aryl methyl sites for hydroxylation is 1. The van der Waals surface area contributed by atoms with Gasteiger partial charge in [-0.25, -0.2) is 4.79 Å². The van der Waals surface area contributed by atoms with Crippen molar-refractivity contribution < 1.29 is 4.42 Å². The summed E-state index contributed by atoms with van der Waals surface area (Å²) in [6.07, 6.45) is 3.34. The summed E-state index contributed by atoms with van der Waals surface area (Å²) in [4.78, 5) is 11.5. The molecular weight excluding hydrogens is 242 g/mol. The maximum atomic E-state index is 11.5. The second-order valence-corrected chi connectivity index (χ2v) is 5.55. The van der Waals surface area contributed by atoms with E-state index in [9.17, 15) is 4.79 Å². The number of nitrogens with two attached hydrogens (primary N) is 2. The normalized spacial score (nSPS) is 19.3. The maximum Gasteiger partial charge on any atom is 0.419 e. The van der Waals surface area contributed by atoms with E-state index in [1.807, 2.05) is 18.2 Å². The van der Waals surface area contributed by atoms with Crippen molar-refractivity contribution in [1.29, 1.82) is 0 Å². The van der Waals surface area contributed by atoms with Gasteiger partial charge in [0.15, 0.2) is 5.58 Å². The van der Waals surface area contributed by atoms with Crippen LogP contribution >= 0.6 is 0 Å². The number of aromatic nitrogens is 1. The van der Waals surface area contributed by atoms with Gasteiger partial charge in [0.25, 0.3) is 0 Å². The molecule has 1 aromatic heterocycles. The predicted molar refractivity (Wildman–Crippen MR) is 73.7 cm³/mol. The Hall–Kier alpha value is -1.59. The molecule has 0 saturated heterocycles. The molecule has 1 aliphatic carbocycles. The van der Waals surface area contributed by atoms with E-state index in [0.717, 1.165) is 23.9 Å². The minimum atomic E-state index is -0.349. The average molecular weight is 261 g/mol. The van der Waals surface area contributed by atoms with Crippen LogP contribution in [0.25, 0.3) is 11.1 Å². The van der Waals surface area contributed by atoms with E-state index < -0.39 is 0 Å². The topological polar surface area (TPSA) is 87.2 Å². The molecule has 1 aromatic carbocycles. The van der Waals surface area contributed by atoms with E-state index in [4.69, 9.17) is 15.9 Å². The lowest BCUT2D eigenvalue weighted by molar-refractivity contribution is 0.105. The van der Waals surface area contributed by atoms with E-state index in [2.05, 4.69) is 0 Å². The van der Waals surface area contributed by atoms with Crippen LogP contribution in [0.5, 0.6) is 0 Å². The second kappa shape index (κ2) is 4.21. The summed E-state index contributed by atoms with van der Waals surface area (Å²) >= 11 is 0. The van der Waals surface area contributed by atoms with E-state index in [1.165, 1.54) is 11.0 Å². The SMILES string of the molecule is Cn1c(=O)oc2ccc(C(N)C3(CN)CCC3)cc21. The van der Waals surface area contributed by atoms with Gasteiger partial charge in [-0.1, -0.05) is 12.5 Å². The first-order chi connectivity index (χ1) is 9.07. The highest BCUT2D eigenvalue weighted by atomic mass is 16.4. The Kier molecular flexibility index (Phi) is 2.76. The predicted octanol–water partition coefficient (Wildman–Crippen LogP) is 1.26. The molecule has 1 atom stereocenters. The number of rotatable bonds is 3. The van der Waals surface area contributed by atoms with Crippen LogP contribution in [0, 0.1) is 5.41 Å². The molecule has 0 spiro atoms. The average Bonchev–Trinajstić information content (AvgIpc) is 2.64. The monoisotopic (exact) mass is 261 g/mol. The molecular formula is C14H19N3O2. The van der Waals surface area contributed by atoms with Crippen molar-refractivity contribution >= 4 is 11.1 Å².